The summed E-state index contributed by atoms with van der Waals surface area (Å²) < 4.78 is 0. The van der Waals surface area contributed by atoms with Gasteiger partial charge in [-0.3, -0.25) is 4.99 Å². The SMILES string of the molecule is CC(C)N=C1C=C2C(=Nc3ccccc3N2c2ccc(Cl)cc2)CC=C1Nc1ncccn1. The van der Waals surface area contributed by atoms with Crippen molar-refractivity contribution in [2.45, 2.75) is 26.3 Å². The molecule has 164 valence electrons. The first-order valence-electron chi connectivity index (χ1n) is 10.9. The summed E-state index contributed by atoms with van der Waals surface area (Å²) in [5.41, 5.74) is 6.59. The van der Waals surface area contributed by atoms with Crippen LogP contribution in [-0.4, -0.2) is 27.4 Å². The molecule has 1 aromatic heterocycles. The number of benzene rings is 2. The van der Waals surface area contributed by atoms with Gasteiger partial charge in [0.25, 0.3) is 0 Å². The molecular formula is C26H23ClN6. The Morgan fingerprint density at radius 3 is 2.52 bits per heavy atom. The van der Waals surface area contributed by atoms with Gasteiger partial charge in [-0.15, -0.1) is 0 Å². The fourth-order valence-electron chi connectivity index (χ4n) is 3.87. The molecule has 0 saturated heterocycles. The second-order valence-electron chi connectivity index (χ2n) is 8.02. The normalized spacial score (nSPS) is 16.4. The zero-order valence-electron chi connectivity index (χ0n) is 18.4. The zero-order chi connectivity index (χ0) is 22.8. The summed E-state index contributed by atoms with van der Waals surface area (Å²) in [4.78, 5) is 20.8. The van der Waals surface area contributed by atoms with Crippen molar-refractivity contribution in [3.8, 4) is 0 Å². The van der Waals surface area contributed by atoms with Crippen LogP contribution in [0, 0.1) is 0 Å². The maximum Gasteiger partial charge on any atom is 0.227 e. The molecule has 2 aromatic carbocycles. The number of hydrogen-bond donors (Lipinski definition) is 1. The minimum Gasteiger partial charge on any atom is -0.323 e. The maximum absolute atomic E-state index is 6.19. The summed E-state index contributed by atoms with van der Waals surface area (Å²) in [6.07, 6.45) is 8.27. The smallest absolute Gasteiger partial charge is 0.227 e. The van der Waals surface area contributed by atoms with Crippen molar-refractivity contribution in [3.05, 3.63) is 95.6 Å². The third-order valence-corrected chi connectivity index (χ3v) is 5.51. The number of nitrogens with zero attached hydrogens (tertiary/aromatic N) is 5. The molecule has 1 aliphatic carbocycles. The highest BCUT2D eigenvalue weighted by Gasteiger charge is 2.28. The summed E-state index contributed by atoms with van der Waals surface area (Å²) in [7, 11) is 0. The number of anilines is 3. The Bertz CT molecular complexity index is 1290. The summed E-state index contributed by atoms with van der Waals surface area (Å²) in [6.45, 7) is 4.13. The number of rotatable bonds is 4. The van der Waals surface area contributed by atoms with Gasteiger partial charge in [-0.1, -0.05) is 29.8 Å². The molecule has 0 spiro atoms. The van der Waals surface area contributed by atoms with E-state index in [0.717, 1.165) is 39.9 Å². The number of hydrogen-bond acceptors (Lipinski definition) is 6. The highest BCUT2D eigenvalue weighted by molar-refractivity contribution is 6.30. The van der Waals surface area contributed by atoms with Crippen molar-refractivity contribution in [1.82, 2.24) is 9.97 Å². The third-order valence-electron chi connectivity index (χ3n) is 5.26. The molecule has 33 heavy (non-hydrogen) atoms. The van der Waals surface area contributed by atoms with Crippen molar-refractivity contribution in [2.75, 3.05) is 10.2 Å². The minimum absolute atomic E-state index is 0.108. The van der Waals surface area contributed by atoms with E-state index in [1.54, 1.807) is 18.5 Å². The number of para-hydroxylation sites is 2. The van der Waals surface area contributed by atoms with Crippen LogP contribution in [0.1, 0.15) is 20.3 Å². The number of aromatic nitrogens is 2. The number of allylic oxidation sites excluding steroid dienone is 3. The van der Waals surface area contributed by atoms with E-state index < -0.39 is 0 Å². The first-order chi connectivity index (χ1) is 16.1. The summed E-state index contributed by atoms with van der Waals surface area (Å²) in [5.74, 6) is 0.531. The van der Waals surface area contributed by atoms with Gasteiger partial charge in [0, 0.05) is 35.6 Å². The van der Waals surface area contributed by atoms with Crippen molar-refractivity contribution >= 4 is 46.0 Å². The lowest BCUT2D eigenvalue weighted by Gasteiger charge is -2.32. The second-order valence-corrected chi connectivity index (χ2v) is 8.45. The molecule has 6 nitrogen and oxygen atoms in total. The zero-order valence-corrected chi connectivity index (χ0v) is 19.2. The fraction of sp³-hybridized carbons (Fsp3) is 0.154. The van der Waals surface area contributed by atoms with Gasteiger partial charge in [-0.2, -0.15) is 0 Å². The molecule has 0 fully saturated rings. The molecule has 0 amide bonds. The number of halogens is 1. The summed E-state index contributed by atoms with van der Waals surface area (Å²) in [6, 6.07) is 17.9. The van der Waals surface area contributed by atoms with Gasteiger partial charge >= 0.3 is 0 Å². The Hall–Kier alpha value is -3.77. The van der Waals surface area contributed by atoms with Gasteiger partial charge in [0.2, 0.25) is 5.95 Å². The largest absolute Gasteiger partial charge is 0.323 e. The van der Waals surface area contributed by atoms with Gasteiger partial charge in [-0.05, 0) is 62.4 Å². The van der Waals surface area contributed by atoms with Gasteiger partial charge < -0.3 is 10.2 Å². The van der Waals surface area contributed by atoms with E-state index in [-0.39, 0.29) is 6.04 Å². The topological polar surface area (TPSA) is 65.8 Å². The highest BCUT2D eigenvalue weighted by atomic mass is 35.5. The van der Waals surface area contributed by atoms with Crippen LogP contribution in [0.3, 0.4) is 0 Å². The van der Waals surface area contributed by atoms with Crippen molar-refractivity contribution in [3.63, 3.8) is 0 Å². The van der Waals surface area contributed by atoms with Gasteiger partial charge in [-0.25, -0.2) is 15.0 Å². The van der Waals surface area contributed by atoms with E-state index in [1.807, 2.05) is 42.5 Å². The quantitative estimate of drug-likeness (QED) is 0.489. The van der Waals surface area contributed by atoms with Crippen LogP contribution < -0.4 is 10.2 Å². The Labute approximate surface area is 198 Å². The van der Waals surface area contributed by atoms with Crippen molar-refractivity contribution in [1.29, 1.82) is 0 Å². The van der Waals surface area contributed by atoms with Gasteiger partial charge in [0.15, 0.2) is 0 Å². The molecule has 5 rings (SSSR count). The first-order valence-corrected chi connectivity index (χ1v) is 11.2. The molecule has 2 heterocycles. The van der Waals surface area contributed by atoms with E-state index in [4.69, 9.17) is 21.6 Å². The summed E-state index contributed by atoms with van der Waals surface area (Å²) >= 11 is 6.19. The van der Waals surface area contributed by atoms with Crippen LogP contribution in [0.25, 0.3) is 0 Å². The molecule has 1 aliphatic heterocycles. The van der Waals surface area contributed by atoms with E-state index in [9.17, 15) is 0 Å². The molecule has 0 atom stereocenters. The molecule has 0 unspecified atom stereocenters. The Kier molecular flexibility index (Phi) is 5.75. The van der Waals surface area contributed by atoms with Crippen molar-refractivity contribution < 1.29 is 0 Å². The van der Waals surface area contributed by atoms with E-state index >= 15 is 0 Å². The lowest BCUT2D eigenvalue weighted by Crippen LogP contribution is -2.26. The molecule has 1 N–H and O–H groups in total. The van der Waals surface area contributed by atoms with E-state index in [1.165, 1.54) is 0 Å². The third kappa shape index (κ3) is 4.43. The maximum atomic E-state index is 6.19. The lowest BCUT2D eigenvalue weighted by atomic mass is 10.1. The van der Waals surface area contributed by atoms with Crippen LogP contribution in [0.15, 0.2) is 101 Å². The molecular weight excluding hydrogens is 432 g/mol. The minimum atomic E-state index is 0.108. The average Bonchev–Trinajstić information content (AvgIpc) is 2.98. The molecule has 0 radical (unpaired) electrons. The van der Waals surface area contributed by atoms with E-state index in [0.29, 0.717) is 17.4 Å². The highest BCUT2D eigenvalue weighted by Crippen LogP contribution is 2.42. The lowest BCUT2D eigenvalue weighted by molar-refractivity contribution is 0.837. The Morgan fingerprint density at radius 2 is 1.76 bits per heavy atom. The van der Waals surface area contributed by atoms with Crippen LogP contribution >= 0.6 is 11.6 Å². The predicted molar refractivity (Wildman–Crippen MR) is 136 cm³/mol. The predicted octanol–water partition coefficient (Wildman–Crippen LogP) is 6.49. The number of aliphatic imine (C=N–C) groups is 2. The van der Waals surface area contributed by atoms with Gasteiger partial charge in [0.1, 0.15) is 0 Å². The second kappa shape index (κ2) is 9.00. The average molecular weight is 455 g/mol. The standard InChI is InChI=1S/C26H23ClN6/c1-17(2)30-23-16-25-22(13-12-20(23)32-26-28-14-5-15-29-26)31-21-6-3-4-7-24(21)33(25)19-10-8-18(27)9-11-19/h3-12,14-17H,13H2,1-2H3,(H,28,29,32). The van der Waals surface area contributed by atoms with Crippen molar-refractivity contribution in [2.24, 2.45) is 9.98 Å². The molecule has 7 heteroatoms. The Morgan fingerprint density at radius 1 is 1.00 bits per heavy atom. The molecule has 0 saturated carbocycles. The Balaban J connectivity index is 1.66. The van der Waals surface area contributed by atoms with Crippen LogP contribution in [-0.2, 0) is 0 Å². The summed E-state index contributed by atoms with van der Waals surface area (Å²) in [5, 5.41) is 4.04. The first kappa shape index (κ1) is 21.1. The van der Waals surface area contributed by atoms with Gasteiger partial charge in [0.05, 0.1) is 34.2 Å². The molecule has 2 aliphatic rings. The van der Waals surface area contributed by atoms with E-state index in [2.05, 4.69) is 52.3 Å². The molecule has 0 bridgehead atoms. The van der Waals surface area contributed by atoms with Crippen LogP contribution in [0.2, 0.25) is 5.02 Å². The monoisotopic (exact) mass is 454 g/mol. The van der Waals surface area contributed by atoms with Crippen LogP contribution in [0.4, 0.5) is 23.0 Å². The molecule has 3 aromatic rings. The van der Waals surface area contributed by atoms with Crippen LogP contribution in [0.5, 0.6) is 0 Å². The fourth-order valence-corrected chi connectivity index (χ4v) is 4.00. The number of fused-ring (bicyclic) bond motifs is 2. The number of nitrogens with one attached hydrogen (secondary N) is 1.